The maximum atomic E-state index is 12.7. The number of likely N-dealkylation sites (tertiary alicyclic amines) is 1. The maximum absolute atomic E-state index is 12.7. The van der Waals surface area contributed by atoms with E-state index >= 15 is 0 Å². The molecule has 0 radical (unpaired) electrons. The van der Waals surface area contributed by atoms with Crippen molar-refractivity contribution in [3.63, 3.8) is 0 Å². The van der Waals surface area contributed by atoms with Crippen molar-refractivity contribution in [2.24, 2.45) is 5.41 Å². The van der Waals surface area contributed by atoms with E-state index in [9.17, 15) is 18.0 Å². The number of carbonyl (C=O) groups is 1. The van der Waals surface area contributed by atoms with E-state index in [1.54, 1.807) is 13.0 Å². The zero-order chi connectivity index (χ0) is 26.2. The normalized spacial score (nSPS) is 20.1. The van der Waals surface area contributed by atoms with Gasteiger partial charge in [-0.25, -0.2) is 4.98 Å². The van der Waals surface area contributed by atoms with Crippen LogP contribution >= 0.6 is 0 Å². The molecule has 5 heterocycles. The Labute approximate surface area is 213 Å². The quantitative estimate of drug-likeness (QED) is 0.639. The van der Waals surface area contributed by atoms with Crippen molar-refractivity contribution in [3.05, 3.63) is 24.4 Å². The van der Waals surface area contributed by atoms with Crippen LogP contribution < -0.4 is 19.9 Å². The monoisotopic (exact) mass is 520 g/mol. The molecule has 200 valence electrons. The summed E-state index contributed by atoms with van der Waals surface area (Å²) in [4.78, 5) is 33.8. The van der Waals surface area contributed by atoms with Crippen molar-refractivity contribution in [1.82, 2.24) is 24.8 Å². The number of aromatic nitrogens is 3. The SMILES string of the molecule is CC(=O)N1CCC2(CC1)CN(c1cc(Nc3cc(OC(F)(F)F)ccn3)nc(N3CCN(C)CC3)n1)C2. The third-order valence-corrected chi connectivity index (χ3v) is 7.35. The zero-order valence-electron chi connectivity index (χ0n) is 21.0. The van der Waals surface area contributed by atoms with Crippen LogP contribution in [0.2, 0.25) is 0 Å². The van der Waals surface area contributed by atoms with E-state index in [-0.39, 0.29) is 22.9 Å². The van der Waals surface area contributed by atoms with Crippen LogP contribution in [-0.2, 0) is 4.79 Å². The van der Waals surface area contributed by atoms with Crippen molar-refractivity contribution in [2.75, 3.05) is 74.5 Å². The van der Waals surface area contributed by atoms with E-state index in [0.717, 1.165) is 77.1 Å². The Morgan fingerprint density at radius 1 is 1.00 bits per heavy atom. The van der Waals surface area contributed by atoms with E-state index in [2.05, 4.69) is 41.8 Å². The molecule has 1 N–H and O–H groups in total. The second kappa shape index (κ2) is 9.84. The van der Waals surface area contributed by atoms with Gasteiger partial charge in [0.15, 0.2) is 0 Å². The summed E-state index contributed by atoms with van der Waals surface area (Å²) in [6, 6.07) is 4.14. The number of hydrogen-bond acceptors (Lipinski definition) is 9. The Hall–Kier alpha value is -3.35. The number of alkyl halides is 3. The fraction of sp³-hybridized carbons (Fsp3) is 0.583. The second-order valence-electron chi connectivity index (χ2n) is 10.1. The van der Waals surface area contributed by atoms with Gasteiger partial charge in [0, 0.05) is 83.0 Å². The number of likely N-dealkylation sites (N-methyl/N-ethyl adjacent to an activating group) is 1. The van der Waals surface area contributed by atoms with Crippen molar-refractivity contribution in [2.45, 2.75) is 26.1 Å². The summed E-state index contributed by atoms with van der Waals surface area (Å²) in [7, 11) is 2.07. The summed E-state index contributed by atoms with van der Waals surface area (Å²) in [5, 5.41) is 3.03. The minimum absolute atomic E-state index is 0.118. The maximum Gasteiger partial charge on any atom is 0.573 e. The van der Waals surface area contributed by atoms with E-state index < -0.39 is 6.36 Å². The average molecular weight is 521 g/mol. The van der Waals surface area contributed by atoms with Gasteiger partial charge >= 0.3 is 6.36 Å². The van der Waals surface area contributed by atoms with Gasteiger partial charge in [0.05, 0.1) is 0 Å². The Balaban J connectivity index is 1.35. The minimum Gasteiger partial charge on any atom is -0.406 e. The summed E-state index contributed by atoms with van der Waals surface area (Å²) in [6.07, 6.45) is -1.62. The smallest absolute Gasteiger partial charge is 0.406 e. The number of hydrogen-bond donors (Lipinski definition) is 1. The first kappa shape index (κ1) is 25.3. The zero-order valence-corrected chi connectivity index (χ0v) is 21.0. The number of nitrogens with one attached hydrogen (secondary N) is 1. The van der Waals surface area contributed by atoms with Crippen LogP contribution in [0.5, 0.6) is 5.75 Å². The lowest BCUT2D eigenvalue weighted by atomic mass is 9.72. The molecule has 37 heavy (non-hydrogen) atoms. The Morgan fingerprint density at radius 2 is 1.70 bits per heavy atom. The van der Waals surface area contributed by atoms with Crippen LogP contribution in [0.3, 0.4) is 0 Å². The third-order valence-electron chi connectivity index (χ3n) is 7.35. The van der Waals surface area contributed by atoms with Gasteiger partial charge in [-0.3, -0.25) is 4.79 Å². The fourth-order valence-corrected chi connectivity index (χ4v) is 5.14. The van der Waals surface area contributed by atoms with Gasteiger partial charge in [-0.15, -0.1) is 13.2 Å². The van der Waals surface area contributed by atoms with Crippen molar-refractivity contribution >= 4 is 29.3 Å². The summed E-state index contributed by atoms with van der Waals surface area (Å²) >= 11 is 0. The molecule has 5 rings (SSSR count). The summed E-state index contributed by atoms with van der Waals surface area (Å²) < 4.78 is 42.0. The molecule has 1 amide bonds. The standard InChI is InChI=1S/C24H31F3N8O2/c1-17(36)33-7-4-23(5-8-33)15-35(16-23)21-14-20(30-22(31-21)34-11-9-32(2)10-12-34)29-19-13-18(3-6-28-19)37-24(25,26)27/h3,6,13-14H,4-5,7-12,15-16H2,1-2H3,(H,28,29,30,31). The summed E-state index contributed by atoms with van der Waals surface area (Å²) in [5.74, 6) is 1.72. The number of pyridine rings is 1. The van der Waals surface area contributed by atoms with Crippen molar-refractivity contribution in [1.29, 1.82) is 0 Å². The molecule has 0 unspecified atom stereocenters. The number of piperidine rings is 1. The van der Waals surface area contributed by atoms with E-state index in [0.29, 0.717) is 11.8 Å². The lowest BCUT2D eigenvalue weighted by Crippen LogP contribution is -2.61. The van der Waals surface area contributed by atoms with Gasteiger partial charge in [-0.05, 0) is 26.0 Å². The fourth-order valence-electron chi connectivity index (χ4n) is 5.14. The number of ether oxygens (including phenoxy) is 1. The molecule has 0 atom stereocenters. The van der Waals surface area contributed by atoms with Gasteiger partial charge in [0.1, 0.15) is 23.2 Å². The van der Waals surface area contributed by atoms with E-state index in [1.165, 1.54) is 12.3 Å². The average Bonchev–Trinajstić information content (AvgIpc) is 2.82. The lowest BCUT2D eigenvalue weighted by Gasteiger charge is -2.54. The third kappa shape index (κ3) is 5.97. The molecule has 3 aliphatic heterocycles. The Morgan fingerprint density at radius 3 is 2.35 bits per heavy atom. The second-order valence-corrected chi connectivity index (χ2v) is 10.1. The topological polar surface area (TPSA) is 90.0 Å². The van der Waals surface area contributed by atoms with Crippen molar-refractivity contribution < 1.29 is 22.7 Å². The number of anilines is 4. The molecule has 0 bridgehead atoms. The highest BCUT2D eigenvalue weighted by molar-refractivity contribution is 5.73. The van der Waals surface area contributed by atoms with Crippen LogP contribution in [0.1, 0.15) is 19.8 Å². The van der Waals surface area contributed by atoms with Crippen LogP contribution in [0.4, 0.5) is 36.6 Å². The van der Waals surface area contributed by atoms with Gasteiger partial charge in [0.25, 0.3) is 0 Å². The van der Waals surface area contributed by atoms with Gasteiger partial charge < -0.3 is 29.7 Å². The first-order valence-electron chi connectivity index (χ1n) is 12.4. The molecule has 1 spiro atoms. The molecule has 0 saturated carbocycles. The summed E-state index contributed by atoms with van der Waals surface area (Å²) in [5.41, 5.74) is 0.170. The van der Waals surface area contributed by atoms with Gasteiger partial charge in [-0.2, -0.15) is 9.97 Å². The predicted octanol–water partition coefficient (Wildman–Crippen LogP) is 2.71. The number of carbonyl (C=O) groups excluding carboxylic acids is 1. The molecule has 13 heteroatoms. The first-order chi connectivity index (χ1) is 17.6. The summed E-state index contributed by atoms with van der Waals surface area (Å²) in [6.45, 7) is 8.15. The number of rotatable bonds is 5. The highest BCUT2D eigenvalue weighted by Gasteiger charge is 2.46. The Bertz CT molecular complexity index is 1120. The molecule has 10 nitrogen and oxygen atoms in total. The van der Waals surface area contributed by atoms with E-state index in [1.807, 2.05) is 4.90 Å². The molecule has 3 saturated heterocycles. The van der Waals surface area contributed by atoms with Crippen LogP contribution in [0, 0.1) is 5.41 Å². The van der Waals surface area contributed by atoms with Crippen LogP contribution in [0.25, 0.3) is 0 Å². The number of nitrogens with zero attached hydrogens (tertiary/aromatic N) is 7. The first-order valence-corrected chi connectivity index (χ1v) is 12.4. The molecule has 0 aliphatic carbocycles. The number of amides is 1. The van der Waals surface area contributed by atoms with Crippen LogP contribution in [-0.4, -0.2) is 96.4 Å². The highest BCUT2D eigenvalue weighted by Crippen LogP contribution is 2.43. The molecule has 2 aromatic rings. The van der Waals surface area contributed by atoms with Gasteiger partial charge in [-0.1, -0.05) is 0 Å². The largest absolute Gasteiger partial charge is 0.573 e. The molecular weight excluding hydrogens is 489 g/mol. The minimum atomic E-state index is -4.79. The van der Waals surface area contributed by atoms with E-state index in [4.69, 9.17) is 4.98 Å². The Kier molecular flexibility index (Phi) is 6.73. The molecular formula is C24H31F3N8O2. The number of halogens is 3. The van der Waals surface area contributed by atoms with Gasteiger partial charge in [0.2, 0.25) is 11.9 Å². The number of piperazine rings is 1. The van der Waals surface area contributed by atoms with Crippen LogP contribution in [0.15, 0.2) is 24.4 Å². The van der Waals surface area contributed by atoms with Crippen molar-refractivity contribution in [3.8, 4) is 5.75 Å². The highest BCUT2D eigenvalue weighted by atomic mass is 19.4. The molecule has 2 aromatic heterocycles. The predicted molar refractivity (Wildman–Crippen MR) is 132 cm³/mol. The molecule has 0 aromatic carbocycles. The lowest BCUT2D eigenvalue weighted by molar-refractivity contribution is -0.274. The molecule has 3 aliphatic rings. The molecule has 3 fully saturated rings.